The molecule has 1 N–H and O–H groups in total. The van der Waals surface area contributed by atoms with E-state index in [4.69, 9.17) is 9.84 Å². The molecule has 6 atom stereocenters. The molecule has 0 aliphatic heterocycles. The van der Waals surface area contributed by atoms with E-state index in [2.05, 4.69) is 19.9 Å². The average molecular weight is 481 g/mol. The van der Waals surface area contributed by atoms with E-state index < -0.39 is 5.97 Å². The maximum Gasteiger partial charge on any atom is 0.335 e. The number of methoxy groups -OCH3 is 1. The molecule has 4 aliphatic carbocycles. The molecular formula is C31H44O4. The molecule has 3 saturated carbocycles. The number of allylic oxidation sites excluding steroid dienone is 2. The molecule has 4 nitrogen and oxygen atoms in total. The Bertz CT molecular complexity index is 921. The van der Waals surface area contributed by atoms with Crippen molar-refractivity contribution in [1.29, 1.82) is 0 Å². The molecule has 6 unspecified atom stereocenters. The largest absolute Gasteiger partial charge is 0.478 e. The van der Waals surface area contributed by atoms with Crippen molar-refractivity contribution in [1.82, 2.24) is 0 Å². The van der Waals surface area contributed by atoms with Crippen LogP contribution in [0.15, 0.2) is 42.0 Å². The van der Waals surface area contributed by atoms with E-state index in [-0.39, 0.29) is 5.97 Å². The lowest BCUT2D eigenvalue weighted by Gasteiger charge is -2.59. The highest BCUT2D eigenvalue weighted by atomic mass is 16.5. The summed E-state index contributed by atoms with van der Waals surface area (Å²) in [6.07, 6.45) is 18.3. The minimum atomic E-state index is -0.879. The Kier molecular flexibility index (Phi) is 8.08. The fraction of sp³-hybridized carbons (Fsp3) is 0.677. The van der Waals surface area contributed by atoms with Crippen LogP contribution in [0.25, 0.3) is 0 Å². The third-order valence-corrected chi connectivity index (χ3v) is 10.4. The van der Waals surface area contributed by atoms with E-state index in [9.17, 15) is 9.59 Å². The number of fused-ring (bicyclic) bond motifs is 5. The maximum absolute atomic E-state index is 11.4. The average Bonchev–Trinajstić information content (AvgIpc) is 3.28. The molecule has 35 heavy (non-hydrogen) atoms. The van der Waals surface area contributed by atoms with Gasteiger partial charge in [0.1, 0.15) is 0 Å². The lowest BCUT2D eigenvalue weighted by atomic mass is 9.45. The molecule has 192 valence electrons. The minimum Gasteiger partial charge on any atom is -0.478 e. The molecule has 0 bridgehead atoms. The lowest BCUT2D eigenvalue weighted by molar-refractivity contribution is -0.140. The number of carboxylic acids is 1. The van der Waals surface area contributed by atoms with E-state index in [1.807, 2.05) is 5.57 Å². The van der Waals surface area contributed by atoms with E-state index in [0.29, 0.717) is 22.8 Å². The van der Waals surface area contributed by atoms with Crippen molar-refractivity contribution < 1.29 is 19.4 Å². The van der Waals surface area contributed by atoms with Crippen LogP contribution >= 0.6 is 0 Å². The topological polar surface area (TPSA) is 63.6 Å². The van der Waals surface area contributed by atoms with Crippen LogP contribution in [0.2, 0.25) is 0 Å². The molecule has 0 aromatic heterocycles. The van der Waals surface area contributed by atoms with Gasteiger partial charge >= 0.3 is 11.9 Å². The SMILES string of the molecule is COC(=O)CCCC1CCC2C3CCC4(C)CCCCC4(C)C3=CCC12.O=C(O)c1ccccc1. The Balaban J connectivity index is 0.000000271. The fourth-order valence-corrected chi connectivity index (χ4v) is 8.19. The van der Waals surface area contributed by atoms with Gasteiger partial charge < -0.3 is 9.84 Å². The quantitative estimate of drug-likeness (QED) is 0.347. The Morgan fingerprint density at radius 1 is 1.00 bits per heavy atom. The summed E-state index contributed by atoms with van der Waals surface area (Å²) in [7, 11) is 1.50. The second kappa shape index (κ2) is 10.9. The predicted molar refractivity (Wildman–Crippen MR) is 139 cm³/mol. The second-order valence-corrected chi connectivity index (χ2v) is 11.9. The lowest BCUT2D eigenvalue weighted by Crippen LogP contribution is -2.50. The van der Waals surface area contributed by atoms with Gasteiger partial charge in [-0.05, 0) is 104 Å². The van der Waals surface area contributed by atoms with Gasteiger partial charge in [0.05, 0.1) is 12.7 Å². The number of carbonyl (C=O) groups is 2. The summed E-state index contributed by atoms with van der Waals surface area (Å²) in [4.78, 5) is 21.6. The number of benzene rings is 1. The first-order chi connectivity index (χ1) is 16.8. The van der Waals surface area contributed by atoms with Crippen LogP contribution in [0, 0.1) is 34.5 Å². The highest BCUT2D eigenvalue weighted by molar-refractivity contribution is 5.87. The summed E-state index contributed by atoms with van der Waals surface area (Å²) in [6.45, 7) is 5.22. The number of ether oxygens (including phenoxy) is 1. The summed E-state index contributed by atoms with van der Waals surface area (Å²) in [5.41, 5.74) is 3.24. The highest BCUT2D eigenvalue weighted by Crippen LogP contribution is 2.66. The zero-order valence-electron chi connectivity index (χ0n) is 21.9. The number of rotatable bonds is 5. The Morgan fingerprint density at radius 2 is 1.74 bits per heavy atom. The molecule has 3 fully saturated rings. The van der Waals surface area contributed by atoms with Crippen molar-refractivity contribution in [2.24, 2.45) is 34.5 Å². The van der Waals surface area contributed by atoms with E-state index in [0.717, 1.165) is 30.1 Å². The van der Waals surface area contributed by atoms with Crippen molar-refractivity contribution in [3.8, 4) is 0 Å². The Hall–Kier alpha value is -2.10. The zero-order valence-corrected chi connectivity index (χ0v) is 21.9. The molecule has 1 aromatic rings. The molecular weight excluding hydrogens is 436 g/mol. The monoisotopic (exact) mass is 480 g/mol. The van der Waals surface area contributed by atoms with Crippen LogP contribution in [-0.2, 0) is 9.53 Å². The van der Waals surface area contributed by atoms with Crippen molar-refractivity contribution >= 4 is 11.9 Å². The Morgan fingerprint density at radius 3 is 2.43 bits per heavy atom. The molecule has 5 rings (SSSR count). The van der Waals surface area contributed by atoms with Crippen molar-refractivity contribution in [3.63, 3.8) is 0 Å². The first-order valence-electron chi connectivity index (χ1n) is 13.8. The van der Waals surface area contributed by atoms with Gasteiger partial charge in [-0.3, -0.25) is 4.79 Å². The fourth-order valence-electron chi connectivity index (χ4n) is 8.19. The van der Waals surface area contributed by atoms with Gasteiger partial charge in [0, 0.05) is 6.42 Å². The number of esters is 1. The van der Waals surface area contributed by atoms with Crippen molar-refractivity contribution in [2.75, 3.05) is 7.11 Å². The summed E-state index contributed by atoms with van der Waals surface area (Å²) in [6, 6.07) is 8.30. The van der Waals surface area contributed by atoms with Crippen LogP contribution < -0.4 is 0 Å². The van der Waals surface area contributed by atoms with Crippen LogP contribution in [-0.4, -0.2) is 24.2 Å². The van der Waals surface area contributed by atoms with Gasteiger partial charge in [-0.25, -0.2) is 4.79 Å². The summed E-state index contributed by atoms with van der Waals surface area (Å²) in [5.74, 6) is 2.61. The number of carbonyl (C=O) groups excluding carboxylic acids is 1. The van der Waals surface area contributed by atoms with Crippen LogP contribution in [0.3, 0.4) is 0 Å². The van der Waals surface area contributed by atoms with E-state index in [1.54, 1.807) is 30.3 Å². The number of carboxylic acid groups (broad SMARTS) is 1. The van der Waals surface area contributed by atoms with E-state index in [1.165, 1.54) is 71.3 Å². The first kappa shape index (κ1) is 26.0. The van der Waals surface area contributed by atoms with E-state index >= 15 is 0 Å². The van der Waals surface area contributed by atoms with Crippen LogP contribution in [0.4, 0.5) is 0 Å². The van der Waals surface area contributed by atoms with Crippen LogP contribution in [0.1, 0.15) is 101 Å². The van der Waals surface area contributed by atoms with Crippen molar-refractivity contribution in [2.45, 2.75) is 90.9 Å². The molecule has 0 spiro atoms. The highest BCUT2D eigenvalue weighted by Gasteiger charge is 2.56. The van der Waals surface area contributed by atoms with Gasteiger partial charge in [0.2, 0.25) is 0 Å². The predicted octanol–water partition coefficient (Wildman–Crippen LogP) is 7.68. The van der Waals surface area contributed by atoms with Gasteiger partial charge in [-0.1, -0.05) is 56.5 Å². The van der Waals surface area contributed by atoms with Crippen LogP contribution in [0.5, 0.6) is 0 Å². The van der Waals surface area contributed by atoms with Gasteiger partial charge in [-0.2, -0.15) is 0 Å². The summed E-state index contributed by atoms with van der Waals surface area (Å²) in [5, 5.41) is 8.38. The first-order valence-corrected chi connectivity index (χ1v) is 13.8. The number of hydrogen-bond acceptors (Lipinski definition) is 3. The number of hydrogen-bond donors (Lipinski definition) is 1. The van der Waals surface area contributed by atoms with Crippen molar-refractivity contribution in [3.05, 3.63) is 47.5 Å². The third kappa shape index (κ3) is 5.22. The summed E-state index contributed by atoms with van der Waals surface area (Å²) < 4.78 is 4.81. The third-order valence-electron chi connectivity index (χ3n) is 10.4. The normalized spacial score (nSPS) is 35.3. The molecule has 0 heterocycles. The summed E-state index contributed by atoms with van der Waals surface area (Å²) >= 11 is 0. The smallest absolute Gasteiger partial charge is 0.335 e. The second-order valence-electron chi connectivity index (χ2n) is 11.9. The molecule has 0 radical (unpaired) electrons. The van der Waals surface area contributed by atoms with Gasteiger partial charge in [0.25, 0.3) is 0 Å². The minimum absolute atomic E-state index is 0.0397. The molecule has 4 aliphatic rings. The molecule has 4 heteroatoms. The zero-order chi connectivity index (χ0) is 25.1. The maximum atomic E-state index is 11.4. The van der Waals surface area contributed by atoms with Gasteiger partial charge in [-0.15, -0.1) is 0 Å². The number of aromatic carboxylic acids is 1. The molecule has 1 aromatic carbocycles. The molecule has 0 saturated heterocycles. The standard InChI is InChI=1S/C24H38O2.C7H6O2/c1-23-14-4-5-15-24(23,2)21-12-11-18-17(7-6-8-22(25)26-3)9-10-19(18)20(21)13-16-23;8-7(9)6-4-2-1-3-5-6/h12,17-20H,4-11,13-16H2,1-3H3;1-5H,(H,8,9). The van der Waals surface area contributed by atoms with Gasteiger partial charge in [0.15, 0.2) is 0 Å². The Labute approximate surface area is 211 Å². The molecule has 0 amide bonds.